The van der Waals surface area contributed by atoms with Crippen LogP contribution in [-0.2, 0) is 16.7 Å². The fourth-order valence-corrected chi connectivity index (χ4v) is 6.33. The van der Waals surface area contributed by atoms with E-state index in [1.54, 1.807) is 0 Å². The molecule has 3 aliphatic rings. The summed E-state index contributed by atoms with van der Waals surface area (Å²) in [5.74, 6) is 2.27. The van der Waals surface area contributed by atoms with E-state index in [2.05, 4.69) is 78.6 Å². The van der Waals surface area contributed by atoms with Crippen molar-refractivity contribution in [2.75, 3.05) is 56.3 Å². The molecule has 1 aromatic carbocycles. The van der Waals surface area contributed by atoms with Gasteiger partial charge in [0.1, 0.15) is 5.76 Å². The first kappa shape index (κ1) is 34.0. The lowest BCUT2D eigenvalue weighted by atomic mass is 9.90. The number of amides is 1. The highest BCUT2D eigenvalue weighted by Gasteiger charge is 2.28. The van der Waals surface area contributed by atoms with E-state index in [9.17, 15) is 4.79 Å². The Balaban J connectivity index is 1.23. The molecular weight excluding hydrogens is 578 g/mol. The quantitative estimate of drug-likeness (QED) is 0.261. The first-order valence-corrected chi connectivity index (χ1v) is 17.0. The van der Waals surface area contributed by atoms with E-state index in [-0.39, 0.29) is 17.4 Å². The van der Waals surface area contributed by atoms with Crippen molar-refractivity contribution in [1.29, 1.82) is 0 Å². The number of carbonyl (C=O) groups is 1. The lowest BCUT2D eigenvalue weighted by molar-refractivity contribution is 0.0293. The van der Waals surface area contributed by atoms with Gasteiger partial charge in [-0.15, -0.1) is 5.11 Å². The molecule has 1 saturated heterocycles. The normalized spacial score (nSPS) is 22.0. The van der Waals surface area contributed by atoms with Crippen molar-refractivity contribution >= 4 is 23.5 Å². The first-order chi connectivity index (χ1) is 22.0. The van der Waals surface area contributed by atoms with Gasteiger partial charge >= 0.3 is 0 Å². The maximum absolute atomic E-state index is 13.5. The third-order valence-corrected chi connectivity index (χ3v) is 9.68. The molecule has 0 spiro atoms. The zero-order chi connectivity index (χ0) is 32.8. The summed E-state index contributed by atoms with van der Waals surface area (Å²) in [7, 11) is 0. The molecule has 3 aliphatic heterocycles. The molecule has 1 amide bonds. The average Bonchev–Trinajstić information content (AvgIpc) is 3.72. The van der Waals surface area contributed by atoms with Crippen LogP contribution in [0.3, 0.4) is 0 Å². The topological polar surface area (TPSA) is 107 Å². The van der Waals surface area contributed by atoms with Crippen molar-refractivity contribution in [3.63, 3.8) is 0 Å². The summed E-state index contributed by atoms with van der Waals surface area (Å²) in [6.45, 7) is 21.5. The Kier molecular flexibility index (Phi) is 11.1. The molecule has 250 valence electrons. The zero-order valence-electron chi connectivity index (χ0n) is 28.9. The average molecular weight is 632 g/mol. The highest BCUT2D eigenvalue weighted by Crippen LogP contribution is 2.33. The molecule has 10 heteroatoms. The van der Waals surface area contributed by atoms with Gasteiger partial charge < -0.3 is 19.8 Å². The summed E-state index contributed by atoms with van der Waals surface area (Å²) >= 11 is 0. The maximum Gasteiger partial charge on any atom is 0.291 e. The first-order valence-electron chi connectivity index (χ1n) is 17.0. The van der Waals surface area contributed by atoms with Crippen LogP contribution >= 0.6 is 0 Å². The second-order valence-corrected chi connectivity index (χ2v) is 14.2. The number of benzene rings is 1. The molecule has 3 atom stereocenters. The second-order valence-electron chi connectivity index (χ2n) is 14.2. The number of ether oxygens (including phenoxy) is 1. The minimum atomic E-state index is -0.267. The van der Waals surface area contributed by atoms with Crippen LogP contribution < -0.4 is 15.6 Å². The standard InChI is InChI=1S/C36H53N7O3/c1-8-24(2)25(3)11-12-37-21-28-18-33(46-34(28)36(5,6)7)35(44)39-29-10-9-26(4)32(19-29)43-23-31(40-41-43)27-17-30(22-38-20-27)42-13-15-45-16-14-42/h9-10,18-19,22,24-25,30,37H,8,11-17,20-21,23H2,1-7H3,(H,39,44)/b31-27-. The van der Waals surface area contributed by atoms with Gasteiger partial charge in [-0.05, 0) is 67.5 Å². The maximum atomic E-state index is 13.5. The number of carbonyl (C=O) groups excluding carboxylic acids is 1. The molecule has 1 aromatic heterocycles. The van der Waals surface area contributed by atoms with Crippen molar-refractivity contribution in [1.82, 2.24) is 10.2 Å². The summed E-state index contributed by atoms with van der Waals surface area (Å²) in [4.78, 5) is 20.6. The summed E-state index contributed by atoms with van der Waals surface area (Å²) in [5, 5.41) is 17.6. The number of rotatable bonds is 11. The molecule has 0 bridgehead atoms. The predicted molar refractivity (Wildman–Crippen MR) is 185 cm³/mol. The summed E-state index contributed by atoms with van der Waals surface area (Å²) in [6.07, 6.45) is 5.31. The molecule has 5 rings (SSSR count). The largest absolute Gasteiger partial charge is 0.455 e. The van der Waals surface area contributed by atoms with Crippen LogP contribution in [0.5, 0.6) is 0 Å². The molecule has 0 saturated carbocycles. The van der Waals surface area contributed by atoms with E-state index < -0.39 is 0 Å². The third-order valence-electron chi connectivity index (χ3n) is 9.68. The highest BCUT2D eigenvalue weighted by atomic mass is 16.5. The molecule has 10 nitrogen and oxygen atoms in total. The summed E-state index contributed by atoms with van der Waals surface area (Å²) in [6, 6.07) is 8.05. The van der Waals surface area contributed by atoms with Crippen LogP contribution in [0.25, 0.3) is 0 Å². The van der Waals surface area contributed by atoms with Crippen molar-refractivity contribution in [2.24, 2.45) is 27.2 Å². The number of nitrogens with zero attached hydrogens (tertiary/aromatic N) is 5. The Morgan fingerprint density at radius 1 is 1.13 bits per heavy atom. The van der Waals surface area contributed by atoms with Gasteiger partial charge in [-0.2, -0.15) is 0 Å². The molecule has 2 N–H and O–H groups in total. The van der Waals surface area contributed by atoms with E-state index in [0.717, 1.165) is 74.0 Å². The van der Waals surface area contributed by atoms with E-state index in [1.165, 1.54) is 12.0 Å². The number of hydrogen-bond donors (Lipinski definition) is 2. The van der Waals surface area contributed by atoms with Crippen molar-refractivity contribution < 1.29 is 13.9 Å². The van der Waals surface area contributed by atoms with Gasteiger partial charge in [0.05, 0.1) is 37.7 Å². The Hall–Kier alpha value is -3.34. The number of aryl methyl sites for hydroxylation is 1. The van der Waals surface area contributed by atoms with Crippen molar-refractivity contribution in [3.05, 3.63) is 58.2 Å². The number of furan rings is 1. The Labute approximate surface area is 274 Å². The fraction of sp³-hybridized carbons (Fsp3) is 0.611. The highest BCUT2D eigenvalue weighted by molar-refractivity contribution is 6.02. The van der Waals surface area contributed by atoms with Crippen LogP contribution in [0.1, 0.15) is 88.2 Å². The summed E-state index contributed by atoms with van der Waals surface area (Å²) < 4.78 is 11.7. The Morgan fingerprint density at radius 3 is 2.65 bits per heavy atom. The van der Waals surface area contributed by atoms with Gasteiger partial charge in [0.15, 0.2) is 5.76 Å². The van der Waals surface area contributed by atoms with Gasteiger partial charge in [-0.25, -0.2) is 5.01 Å². The van der Waals surface area contributed by atoms with Crippen molar-refractivity contribution in [2.45, 2.75) is 85.7 Å². The molecule has 4 heterocycles. The van der Waals surface area contributed by atoms with Crippen LogP contribution in [0.2, 0.25) is 0 Å². The lowest BCUT2D eigenvalue weighted by Gasteiger charge is -2.34. The molecule has 3 unspecified atom stereocenters. The van der Waals surface area contributed by atoms with E-state index in [4.69, 9.17) is 9.15 Å². The van der Waals surface area contributed by atoms with Crippen LogP contribution in [0.15, 0.2) is 55.3 Å². The van der Waals surface area contributed by atoms with E-state index >= 15 is 0 Å². The smallest absolute Gasteiger partial charge is 0.291 e. The number of aliphatic imine (C=N–C) groups is 1. The lowest BCUT2D eigenvalue weighted by Crippen LogP contribution is -2.45. The number of anilines is 2. The molecule has 46 heavy (non-hydrogen) atoms. The van der Waals surface area contributed by atoms with E-state index in [1.807, 2.05) is 36.2 Å². The second kappa shape index (κ2) is 15.0. The Morgan fingerprint density at radius 2 is 1.91 bits per heavy atom. The van der Waals surface area contributed by atoms with Crippen LogP contribution in [0.4, 0.5) is 11.4 Å². The number of morpholine rings is 1. The predicted octanol–water partition coefficient (Wildman–Crippen LogP) is 6.92. The van der Waals surface area contributed by atoms with Crippen LogP contribution in [0, 0.1) is 18.8 Å². The molecular formula is C36H53N7O3. The number of hydrogen-bond acceptors (Lipinski definition) is 9. The Bertz CT molecular complexity index is 1450. The van der Waals surface area contributed by atoms with Gasteiger partial charge in [-0.1, -0.05) is 59.3 Å². The SMILES string of the molecule is CCC(C)C(C)CCNCc1cc(C(=O)Nc2ccc(C)c(N3C/C(=C4/CN=CC(N5CCOCC5)C4)N=N3)c2)oc1C(C)(C)C. The van der Waals surface area contributed by atoms with Crippen LogP contribution in [-0.4, -0.2) is 69.0 Å². The number of nitrogens with one attached hydrogen (secondary N) is 2. The molecule has 0 aliphatic carbocycles. The molecule has 1 fully saturated rings. The van der Waals surface area contributed by atoms with Crippen molar-refractivity contribution in [3.8, 4) is 0 Å². The van der Waals surface area contributed by atoms with Gasteiger partial charge in [0.2, 0.25) is 0 Å². The van der Waals surface area contributed by atoms with E-state index in [0.29, 0.717) is 42.9 Å². The third kappa shape index (κ3) is 8.32. The minimum Gasteiger partial charge on any atom is -0.455 e. The minimum absolute atomic E-state index is 0.227. The van der Waals surface area contributed by atoms with Gasteiger partial charge in [0.25, 0.3) is 5.91 Å². The summed E-state index contributed by atoms with van der Waals surface area (Å²) in [5.41, 5.74) is 5.66. The zero-order valence-corrected chi connectivity index (χ0v) is 28.9. The monoisotopic (exact) mass is 631 g/mol. The molecule has 0 radical (unpaired) electrons. The van der Waals surface area contributed by atoms with Gasteiger partial charge in [-0.3, -0.25) is 14.7 Å². The molecule has 2 aromatic rings. The van der Waals surface area contributed by atoms with Gasteiger partial charge in [0, 0.05) is 48.6 Å². The fourth-order valence-electron chi connectivity index (χ4n) is 6.33.